The van der Waals surface area contributed by atoms with Gasteiger partial charge in [0.05, 0.1) is 5.56 Å². The summed E-state index contributed by atoms with van der Waals surface area (Å²) in [4.78, 5) is 26.2. The zero-order valence-electron chi connectivity index (χ0n) is 16.7. The molecular formula is C23H25NO3S. The van der Waals surface area contributed by atoms with E-state index >= 15 is 0 Å². The minimum atomic E-state index is -0.469. The summed E-state index contributed by atoms with van der Waals surface area (Å²) in [5.41, 5.74) is 5.19. The third kappa shape index (κ3) is 4.42. The van der Waals surface area contributed by atoms with Crippen molar-refractivity contribution in [1.82, 2.24) is 4.57 Å². The first-order valence-electron chi connectivity index (χ1n) is 9.33. The molecule has 4 nitrogen and oxygen atoms in total. The standard InChI is InChI=1S/C23H25NO3S/c1-15-7-8-19(12-16(15)2)23(26)27-14-22(25)21-13-17(3)24(18(21)4)10-9-20-6-5-11-28-20/h5-8,11-13H,9-10,14H2,1-4H3. The average molecular weight is 396 g/mol. The first-order chi connectivity index (χ1) is 13.4. The molecule has 0 unspecified atom stereocenters. The molecule has 2 heterocycles. The fraction of sp³-hybridized carbons (Fsp3) is 0.304. The van der Waals surface area contributed by atoms with Gasteiger partial charge in [-0.2, -0.15) is 0 Å². The summed E-state index contributed by atoms with van der Waals surface area (Å²) in [5, 5.41) is 2.07. The maximum atomic E-state index is 12.6. The molecule has 0 aliphatic carbocycles. The summed E-state index contributed by atoms with van der Waals surface area (Å²) in [6, 6.07) is 11.5. The van der Waals surface area contributed by atoms with E-state index in [0.717, 1.165) is 35.5 Å². The molecule has 0 radical (unpaired) electrons. The SMILES string of the molecule is Cc1ccc(C(=O)OCC(=O)c2cc(C)n(CCc3cccs3)c2C)cc1C. The molecule has 0 aliphatic rings. The molecule has 0 N–H and O–H groups in total. The summed E-state index contributed by atoms with van der Waals surface area (Å²) in [7, 11) is 0. The average Bonchev–Trinajstić information content (AvgIpc) is 3.28. The molecule has 3 rings (SSSR count). The predicted molar refractivity (Wildman–Crippen MR) is 112 cm³/mol. The van der Waals surface area contributed by atoms with Crippen molar-refractivity contribution < 1.29 is 14.3 Å². The number of Topliss-reactive ketones (excluding diaryl/α,β-unsaturated/α-hetero) is 1. The monoisotopic (exact) mass is 395 g/mol. The van der Waals surface area contributed by atoms with Gasteiger partial charge >= 0.3 is 5.97 Å². The van der Waals surface area contributed by atoms with Crippen molar-refractivity contribution in [2.75, 3.05) is 6.61 Å². The summed E-state index contributed by atoms with van der Waals surface area (Å²) in [6.45, 7) is 8.46. The van der Waals surface area contributed by atoms with E-state index in [9.17, 15) is 9.59 Å². The van der Waals surface area contributed by atoms with Gasteiger partial charge in [-0.05, 0) is 74.9 Å². The van der Waals surface area contributed by atoms with Crippen LogP contribution in [-0.2, 0) is 17.7 Å². The number of hydrogen-bond acceptors (Lipinski definition) is 4. The van der Waals surface area contributed by atoms with E-state index in [0.29, 0.717) is 11.1 Å². The van der Waals surface area contributed by atoms with Crippen molar-refractivity contribution in [3.63, 3.8) is 0 Å². The smallest absolute Gasteiger partial charge is 0.338 e. The second-order valence-corrected chi connectivity index (χ2v) is 8.10. The first-order valence-corrected chi connectivity index (χ1v) is 10.2. The van der Waals surface area contributed by atoms with Gasteiger partial charge in [0.15, 0.2) is 6.61 Å². The van der Waals surface area contributed by atoms with Gasteiger partial charge in [0.2, 0.25) is 5.78 Å². The Morgan fingerprint density at radius 2 is 1.82 bits per heavy atom. The van der Waals surface area contributed by atoms with Gasteiger partial charge in [0.1, 0.15) is 0 Å². The molecular weight excluding hydrogens is 370 g/mol. The molecule has 146 valence electrons. The van der Waals surface area contributed by atoms with E-state index in [4.69, 9.17) is 4.74 Å². The minimum absolute atomic E-state index is 0.173. The number of esters is 1. The van der Waals surface area contributed by atoms with E-state index in [1.807, 2.05) is 45.9 Å². The van der Waals surface area contributed by atoms with Gasteiger partial charge in [-0.15, -0.1) is 11.3 Å². The minimum Gasteiger partial charge on any atom is -0.454 e. The second kappa shape index (κ2) is 8.57. The molecule has 3 aromatic rings. The van der Waals surface area contributed by atoms with Gasteiger partial charge in [-0.3, -0.25) is 4.79 Å². The highest BCUT2D eigenvalue weighted by Gasteiger charge is 2.18. The van der Waals surface area contributed by atoms with Gasteiger partial charge in [0.25, 0.3) is 0 Å². The van der Waals surface area contributed by atoms with Crippen LogP contribution in [0.3, 0.4) is 0 Å². The van der Waals surface area contributed by atoms with Crippen LogP contribution in [0.4, 0.5) is 0 Å². The Kier molecular flexibility index (Phi) is 6.15. The van der Waals surface area contributed by atoms with Crippen LogP contribution in [0.2, 0.25) is 0 Å². The van der Waals surface area contributed by atoms with Crippen LogP contribution in [-0.4, -0.2) is 22.9 Å². The lowest BCUT2D eigenvalue weighted by atomic mass is 10.1. The third-order valence-corrected chi connectivity index (χ3v) is 6.05. The molecule has 0 aliphatic heterocycles. The fourth-order valence-electron chi connectivity index (χ4n) is 3.26. The Bertz CT molecular complexity index is 999. The zero-order valence-corrected chi connectivity index (χ0v) is 17.6. The van der Waals surface area contributed by atoms with Crippen LogP contribution < -0.4 is 0 Å². The number of ether oxygens (including phenoxy) is 1. The third-order valence-electron chi connectivity index (χ3n) is 5.11. The topological polar surface area (TPSA) is 48.3 Å². The number of nitrogens with zero attached hydrogens (tertiary/aromatic N) is 1. The molecule has 0 saturated carbocycles. The lowest BCUT2D eigenvalue weighted by molar-refractivity contribution is 0.0474. The number of aryl methyl sites for hydroxylation is 4. The molecule has 0 spiro atoms. The Labute approximate surface area is 169 Å². The van der Waals surface area contributed by atoms with Crippen molar-refractivity contribution in [2.24, 2.45) is 0 Å². The van der Waals surface area contributed by atoms with Gasteiger partial charge < -0.3 is 9.30 Å². The summed E-state index contributed by atoms with van der Waals surface area (Å²) >= 11 is 1.74. The molecule has 0 bridgehead atoms. The molecule has 2 aromatic heterocycles. The van der Waals surface area contributed by atoms with Gasteiger partial charge in [0, 0.05) is 28.4 Å². The van der Waals surface area contributed by atoms with E-state index in [1.165, 1.54) is 4.88 Å². The molecule has 5 heteroatoms. The van der Waals surface area contributed by atoms with Crippen LogP contribution >= 0.6 is 11.3 Å². The highest BCUT2D eigenvalue weighted by molar-refractivity contribution is 7.09. The molecule has 0 atom stereocenters. The van der Waals surface area contributed by atoms with E-state index in [1.54, 1.807) is 23.5 Å². The first kappa shape index (κ1) is 20.1. The number of ketones is 1. The maximum Gasteiger partial charge on any atom is 0.338 e. The van der Waals surface area contributed by atoms with Crippen molar-refractivity contribution in [1.29, 1.82) is 0 Å². The fourth-order valence-corrected chi connectivity index (χ4v) is 3.96. The Balaban J connectivity index is 1.64. The van der Waals surface area contributed by atoms with Crippen molar-refractivity contribution in [3.8, 4) is 0 Å². The Hall–Kier alpha value is -2.66. The maximum absolute atomic E-state index is 12.6. The predicted octanol–water partition coefficient (Wildman–Crippen LogP) is 5.07. The van der Waals surface area contributed by atoms with Gasteiger partial charge in [-0.25, -0.2) is 4.79 Å². The number of thiophene rings is 1. The van der Waals surface area contributed by atoms with E-state index in [2.05, 4.69) is 16.0 Å². The van der Waals surface area contributed by atoms with E-state index < -0.39 is 5.97 Å². The normalized spacial score (nSPS) is 10.9. The molecule has 28 heavy (non-hydrogen) atoms. The van der Waals surface area contributed by atoms with Crippen LogP contribution in [0, 0.1) is 27.7 Å². The van der Waals surface area contributed by atoms with E-state index in [-0.39, 0.29) is 12.4 Å². The highest BCUT2D eigenvalue weighted by atomic mass is 32.1. The zero-order chi connectivity index (χ0) is 20.3. The number of carbonyl (C=O) groups excluding carboxylic acids is 2. The van der Waals surface area contributed by atoms with Crippen molar-refractivity contribution >= 4 is 23.1 Å². The summed E-state index contributed by atoms with van der Waals surface area (Å²) < 4.78 is 7.42. The summed E-state index contributed by atoms with van der Waals surface area (Å²) in [5.74, 6) is -0.643. The van der Waals surface area contributed by atoms with Crippen molar-refractivity contribution in [3.05, 3.63) is 80.3 Å². The molecule has 0 amide bonds. The largest absolute Gasteiger partial charge is 0.454 e. The number of hydrogen-bond donors (Lipinski definition) is 0. The molecule has 0 fully saturated rings. The Morgan fingerprint density at radius 3 is 2.50 bits per heavy atom. The lowest BCUT2D eigenvalue weighted by Crippen LogP contribution is -2.15. The van der Waals surface area contributed by atoms with Gasteiger partial charge in [-0.1, -0.05) is 12.1 Å². The van der Waals surface area contributed by atoms with Crippen molar-refractivity contribution in [2.45, 2.75) is 40.7 Å². The molecule has 0 saturated heterocycles. The number of rotatable bonds is 7. The highest BCUT2D eigenvalue weighted by Crippen LogP contribution is 2.19. The quantitative estimate of drug-likeness (QED) is 0.415. The van der Waals surface area contributed by atoms with Crippen LogP contribution in [0.5, 0.6) is 0 Å². The number of carbonyl (C=O) groups is 2. The Morgan fingerprint density at radius 1 is 1.04 bits per heavy atom. The summed E-state index contributed by atoms with van der Waals surface area (Å²) in [6.07, 6.45) is 0.934. The van der Waals surface area contributed by atoms with Crippen LogP contribution in [0.1, 0.15) is 48.1 Å². The second-order valence-electron chi connectivity index (χ2n) is 7.06. The van der Waals surface area contributed by atoms with Crippen LogP contribution in [0.25, 0.3) is 0 Å². The lowest BCUT2D eigenvalue weighted by Gasteiger charge is -2.09. The number of aromatic nitrogens is 1. The molecule has 1 aromatic carbocycles. The number of benzene rings is 1. The van der Waals surface area contributed by atoms with Crippen LogP contribution in [0.15, 0.2) is 41.8 Å².